The lowest BCUT2D eigenvalue weighted by atomic mass is 10.1. The molecule has 0 saturated carbocycles. The number of para-hydroxylation sites is 1. The highest BCUT2D eigenvalue weighted by atomic mass is 32.2. The SMILES string of the molecule is CSC(=O)c1nn(-c2ccccc2)nc1-c1ccccc1. The normalized spacial score (nSPS) is 10.5. The first-order valence-electron chi connectivity index (χ1n) is 6.46. The van der Waals surface area contributed by atoms with E-state index in [-0.39, 0.29) is 5.12 Å². The fourth-order valence-corrected chi connectivity index (χ4v) is 2.34. The van der Waals surface area contributed by atoms with Crippen molar-refractivity contribution in [1.29, 1.82) is 0 Å². The number of carbonyl (C=O) groups is 1. The van der Waals surface area contributed by atoms with Gasteiger partial charge in [-0.15, -0.1) is 10.2 Å². The van der Waals surface area contributed by atoms with Gasteiger partial charge in [0.05, 0.1) is 5.69 Å². The van der Waals surface area contributed by atoms with Crippen LogP contribution in [-0.4, -0.2) is 26.4 Å². The molecule has 2 aromatic carbocycles. The van der Waals surface area contributed by atoms with Crippen LogP contribution in [0.25, 0.3) is 16.9 Å². The molecule has 0 aliphatic rings. The van der Waals surface area contributed by atoms with Gasteiger partial charge in [0.1, 0.15) is 5.69 Å². The molecule has 0 N–H and O–H groups in total. The minimum atomic E-state index is -0.0870. The third-order valence-corrected chi connectivity index (χ3v) is 3.59. The first-order valence-corrected chi connectivity index (χ1v) is 7.68. The average Bonchev–Trinajstić information content (AvgIpc) is 3.01. The molecule has 5 heteroatoms. The second kappa shape index (κ2) is 5.93. The molecule has 3 aromatic rings. The molecule has 1 aromatic heterocycles. The second-order valence-electron chi connectivity index (χ2n) is 4.38. The summed E-state index contributed by atoms with van der Waals surface area (Å²) in [6.45, 7) is 0. The summed E-state index contributed by atoms with van der Waals surface area (Å²) in [6, 6.07) is 19.2. The highest BCUT2D eigenvalue weighted by Gasteiger charge is 2.19. The van der Waals surface area contributed by atoms with E-state index in [0.717, 1.165) is 23.0 Å². The zero-order valence-electron chi connectivity index (χ0n) is 11.4. The quantitative estimate of drug-likeness (QED) is 0.742. The predicted molar refractivity (Wildman–Crippen MR) is 84.6 cm³/mol. The molecule has 0 spiro atoms. The van der Waals surface area contributed by atoms with E-state index in [2.05, 4.69) is 10.2 Å². The number of aromatic nitrogens is 3. The topological polar surface area (TPSA) is 47.8 Å². The fraction of sp³-hybridized carbons (Fsp3) is 0.0625. The number of carbonyl (C=O) groups excluding carboxylic acids is 1. The van der Waals surface area contributed by atoms with Crippen molar-refractivity contribution in [2.45, 2.75) is 0 Å². The van der Waals surface area contributed by atoms with Gasteiger partial charge < -0.3 is 0 Å². The van der Waals surface area contributed by atoms with E-state index < -0.39 is 0 Å². The highest BCUT2D eigenvalue weighted by Crippen LogP contribution is 2.23. The highest BCUT2D eigenvalue weighted by molar-refractivity contribution is 8.13. The van der Waals surface area contributed by atoms with Crippen molar-refractivity contribution in [3.63, 3.8) is 0 Å². The van der Waals surface area contributed by atoms with E-state index >= 15 is 0 Å². The fourth-order valence-electron chi connectivity index (χ4n) is 2.01. The molecule has 0 aliphatic heterocycles. The van der Waals surface area contributed by atoms with Crippen LogP contribution in [0.3, 0.4) is 0 Å². The average molecular weight is 295 g/mol. The second-order valence-corrected chi connectivity index (χ2v) is 5.16. The van der Waals surface area contributed by atoms with Crippen molar-refractivity contribution in [3.05, 3.63) is 66.4 Å². The molecule has 0 radical (unpaired) electrons. The number of nitrogens with zero attached hydrogens (tertiary/aromatic N) is 3. The Bertz CT molecular complexity index is 754. The van der Waals surface area contributed by atoms with Crippen molar-refractivity contribution in [3.8, 4) is 16.9 Å². The van der Waals surface area contributed by atoms with Gasteiger partial charge >= 0.3 is 0 Å². The van der Waals surface area contributed by atoms with E-state index in [1.807, 2.05) is 60.7 Å². The Morgan fingerprint density at radius 2 is 1.57 bits per heavy atom. The molecule has 0 bridgehead atoms. The summed E-state index contributed by atoms with van der Waals surface area (Å²) in [5.74, 6) is 0. The Morgan fingerprint density at radius 3 is 2.19 bits per heavy atom. The third kappa shape index (κ3) is 2.73. The van der Waals surface area contributed by atoms with Crippen LogP contribution in [0.1, 0.15) is 10.5 Å². The van der Waals surface area contributed by atoms with E-state index in [9.17, 15) is 4.79 Å². The zero-order chi connectivity index (χ0) is 14.7. The van der Waals surface area contributed by atoms with Crippen LogP contribution in [0.2, 0.25) is 0 Å². The van der Waals surface area contributed by atoms with Gasteiger partial charge in [-0.1, -0.05) is 60.3 Å². The summed E-state index contributed by atoms with van der Waals surface area (Å²) < 4.78 is 0. The molecule has 0 unspecified atom stereocenters. The van der Waals surface area contributed by atoms with E-state index in [1.165, 1.54) is 4.80 Å². The molecular weight excluding hydrogens is 282 g/mol. The van der Waals surface area contributed by atoms with Crippen LogP contribution < -0.4 is 0 Å². The lowest BCUT2D eigenvalue weighted by Crippen LogP contribution is -2.00. The standard InChI is InChI=1S/C16H13N3OS/c1-21-16(20)15-14(12-8-4-2-5-9-12)17-19(18-15)13-10-6-3-7-11-13/h2-11H,1H3. The van der Waals surface area contributed by atoms with E-state index in [0.29, 0.717) is 11.4 Å². The van der Waals surface area contributed by atoms with Gasteiger partial charge in [0.25, 0.3) is 0 Å². The molecule has 0 atom stereocenters. The summed E-state index contributed by atoms with van der Waals surface area (Å²) >= 11 is 1.14. The molecular formula is C16H13N3OS. The maximum Gasteiger partial charge on any atom is 0.241 e. The Balaban J connectivity index is 2.14. The predicted octanol–water partition coefficient (Wildman–Crippen LogP) is 3.44. The minimum absolute atomic E-state index is 0.0870. The molecule has 1 heterocycles. The molecule has 3 rings (SSSR count). The van der Waals surface area contributed by atoms with Crippen LogP contribution >= 0.6 is 11.8 Å². The molecule has 4 nitrogen and oxygen atoms in total. The maximum atomic E-state index is 12.1. The maximum absolute atomic E-state index is 12.1. The Labute approximate surface area is 126 Å². The Kier molecular flexibility index (Phi) is 3.83. The van der Waals surface area contributed by atoms with Crippen LogP contribution in [0.4, 0.5) is 0 Å². The smallest absolute Gasteiger partial charge is 0.241 e. The number of thioether (sulfide) groups is 1. The van der Waals surface area contributed by atoms with Gasteiger partial charge in [-0.05, 0) is 18.4 Å². The van der Waals surface area contributed by atoms with Crippen molar-refractivity contribution >= 4 is 16.9 Å². The first-order chi connectivity index (χ1) is 10.3. The van der Waals surface area contributed by atoms with Crippen LogP contribution in [0.15, 0.2) is 60.7 Å². The van der Waals surface area contributed by atoms with Gasteiger partial charge in [0.15, 0.2) is 5.69 Å². The van der Waals surface area contributed by atoms with Gasteiger partial charge in [0.2, 0.25) is 5.12 Å². The monoisotopic (exact) mass is 295 g/mol. The summed E-state index contributed by atoms with van der Waals surface area (Å²) in [5, 5.41) is 8.77. The van der Waals surface area contributed by atoms with Crippen molar-refractivity contribution in [2.24, 2.45) is 0 Å². The van der Waals surface area contributed by atoms with Crippen LogP contribution in [-0.2, 0) is 0 Å². The van der Waals surface area contributed by atoms with Gasteiger partial charge in [-0.25, -0.2) is 0 Å². The van der Waals surface area contributed by atoms with Gasteiger partial charge in [0, 0.05) is 5.56 Å². The summed E-state index contributed by atoms with van der Waals surface area (Å²) in [5.41, 5.74) is 2.71. The first kappa shape index (κ1) is 13.6. The lowest BCUT2D eigenvalue weighted by molar-refractivity contribution is 0.108. The number of hydrogen-bond donors (Lipinski definition) is 0. The largest absolute Gasteiger partial charge is 0.280 e. The van der Waals surface area contributed by atoms with Crippen molar-refractivity contribution < 1.29 is 4.79 Å². The molecule has 0 fully saturated rings. The molecule has 104 valence electrons. The third-order valence-electron chi connectivity index (χ3n) is 3.03. The van der Waals surface area contributed by atoms with Crippen LogP contribution in [0, 0.1) is 0 Å². The summed E-state index contributed by atoms with van der Waals surface area (Å²) in [7, 11) is 0. The zero-order valence-corrected chi connectivity index (χ0v) is 12.2. The van der Waals surface area contributed by atoms with Gasteiger partial charge in [-0.3, -0.25) is 4.79 Å². The Morgan fingerprint density at radius 1 is 0.952 bits per heavy atom. The van der Waals surface area contributed by atoms with Gasteiger partial charge in [-0.2, -0.15) is 4.80 Å². The van der Waals surface area contributed by atoms with E-state index in [1.54, 1.807) is 6.26 Å². The molecule has 0 saturated heterocycles. The minimum Gasteiger partial charge on any atom is -0.280 e. The van der Waals surface area contributed by atoms with Crippen LogP contribution in [0.5, 0.6) is 0 Å². The molecule has 0 aliphatic carbocycles. The number of benzene rings is 2. The lowest BCUT2D eigenvalue weighted by Gasteiger charge is -1.98. The molecule has 0 amide bonds. The number of hydrogen-bond acceptors (Lipinski definition) is 4. The van der Waals surface area contributed by atoms with Crippen molar-refractivity contribution in [1.82, 2.24) is 15.0 Å². The summed E-state index contributed by atoms with van der Waals surface area (Å²) in [4.78, 5) is 13.6. The molecule has 21 heavy (non-hydrogen) atoms. The van der Waals surface area contributed by atoms with Crippen molar-refractivity contribution in [2.75, 3.05) is 6.26 Å². The Hall–Kier alpha value is -2.40. The summed E-state index contributed by atoms with van der Waals surface area (Å²) in [6.07, 6.45) is 1.75. The van der Waals surface area contributed by atoms with E-state index in [4.69, 9.17) is 0 Å². The number of rotatable bonds is 3.